The van der Waals surface area contributed by atoms with Gasteiger partial charge in [0.05, 0.1) is 0 Å². The van der Waals surface area contributed by atoms with Crippen molar-refractivity contribution in [2.75, 3.05) is 0 Å². The van der Waals surface area contributed by atoms with Crippen molar-refractivity contribution in [1.82, 2.24) is 0 Å². The third-order valence-corrected chi connectivity index (χ3v) is 5.22. The Bertz CT molecular complexity index is 1210. The summed E-state index contributed by atoms with van der Waals surface area (Å²) in [6.45, 7) is 3.94. The van der Waals surface area contributed by atoms with Crippen molar-refractivity contribution in [2.45, 2.75) is 13.8 Å². The van der Waals surface area contributed by atoms with Gasteiger partial charge in [-0.1, -0.05) is 60.7 Å². The molecule has 3 nitrogen and oxygen atoms in total. The van der Waals surface area contributed by atoms with Crippen molar-refractivity contribution in [3.8, 4) is 23.0 Å². The lowest BCUT2D eigenvalue weighted by molar-refractivity contribution is 0.103. The lowest BCUT2D eigenvalue weighted by atomic mass is 10.0. The third kappa shape index (κ3) is 5.51. The van der Waals surface area contributed by atoms with Crippen LogP contribution in [0.25, 0.3) is 12.2 Å². The van der Waals surface area contributed by atoms with Crippen LogP contribution in [-0.2, 0) is 0 Å². The van der Waals surface area contributed by atoms with E-state index in [-0.39, 0.29) is 5.78 Å². The van der Waals surface area contributed by atoms with E-state index in [1.54, 1.807) is 24.3 Å². The standard InChI is InChI=1S/C31H26O3/c1-3-9-23-11-5-7-13-29(23)33-27-19-15-25(16-20-27)31(32)26-17-21-28(22-18-26)34-30-14-8-6-12-24(30)10-4-2/h3-22H,1-2H3/b9-3-,10-4-. The van der Waals surface area contributed by atoms with E-state index < -0.39 is 0 Å². The van der Waals surface area contributed by atoms with Gasteiger partial charge in [0, 0.05) is 22.3 Å². The summed E-state index contributed by atoms with van der Waals surface area (Å²) in [5.74, 6) is 2.84. The molecule has 0 aliphatic heterocycles. The monoisotopic (exact) mass is 446 g/mol. The van der Waals surface area contributed by atoms with Crippen molar-refractivity contribution in [1.29, 1.82) is 0 Å². The summed E-state index contributed by atoms with van der Waals surface area (Å²) in [6.07, 6.45) is 7.95. The molecule has 0 bridgehead atoms. The highest BCUT2D eigenvalue weighted by Crippen LogP contribution is 2.28. The highest BCUT2D eigenvalue weighted by molar-refractivity contribution is 6.09. The number of carbonyl (C=O) groups is 1. The molecule has 0 atom stereocenters. The summed E-state index contributed by atoms with van der Waals surface area (Å²) < 4.78 is 12.0. The largest absolute Gasteiger partial charge is 0.457 e. The van der Waals surface area contributed by atoms with Crippen LogP contribution >= 0.6 is 0 Å². The maximum Gasteiger partial charge on any atom is 0.193 e. The molecule has 0 N–H and O–H groups in total. The summed E-state index contributed by atoms with van der Waals surface area (Å²) in [7, 11) is 0. The van der Waals surface area contributed by atoms with Crippen LogP contribution in [0.1, 0.15) is 40.9 Å². The van der Waals surface area contributed by atoms with Crippen LogP contribution in [0.4, 0.5) is 0 Å². The minimum atomic E-state index is -0.0540. The van der Waals surface area contributed by atoms with Gasteiger partial charge in [0.1, 0.15) is 23.0 Å². The SMILES string of the molecule is C/C=C\c1ccccc1Oc1ccc(C(=O)c2ccc(Oc3ccccc3/C=C\C)cc2)cc1. The highest BCUT2D eigenvalue weighted by Gasteiger charge is 2.11. The topological polar surface area (TPSA) is 35.5 Å². The number of rotatable bonds is 8. The van der Waals surface area contributed by atoms with Gasteiger partial charge in [-0.05, 0) is 74.5 Å². The molecule has 0 aliphatic rings. The molecule has 0 saturated heterocycles. The number of ketones is 1. The average molecular weight is 447 g/mol. The van der Waals surface area contributed by atoms with E-state index >= 15 is 0 Å². The predicted molar refractivity (Wildman–Crippen MR) is 139 cm³/mol. The maximum absolute atomic E-state index is 13.0. The van der Waals surface area contributed by atoms with Crippen molar-refractivity contribution in [3.05, 3.63) is 131 Å². The van der Waals surface area contributed by atoms with Gasteiger partial charge in [-0.15, -0.1) is 0 Å². The summed E-state index contributed by atoms with van der Waals surface area (Å²) >= 11 is 0. The van der Waals surface area contributed by atoms with Gasteiger partial charge in [-0.2, -0.15) is 0 Å². The Morgan fingerprint density at radius 2 is 0.941 bits per heavy atom. The molecule has 0 unspecified atom stereocenters. The summed E-state index contributed by atoms with van der Waals surface area (Å²) in [5, 5.41) is 0. The Morgan fingerprint density at radius 1 is 0.559 bits per heavy atom. The lowest BCUT2D eigenvalue weighted by Gasteiger charge is -2.10. The molecule has 0 aromatic heterocycles. The summed E-state index contributed by atoms with van der Waals surface area (Å²) in [5.41, 5.74) is 3.20. The Balaban J connectivity index is 1.45. The van der Waals surface area contributed by atoms with E-state index in [4.69, 9.17) is 9.47 Å². The second kappa shape index (κ2) is 11.0. The molecule has 34 heavy (non-hydrogen) atoms. The molecule has 0 heterocycles. The van der Waals surface area contributed by atoms with E-state index in [9.17, 15) is 4.79 Å². The molecule has 0 fully saturated rings. The molecule has 0 aliphatic carbocycles. The molecule has 3 heteroatoms. The van der Waals surface area contributed by atoms with Crippen LogP contribution in [0.3, 0.4) is 0 Å². The number of benzene rings is 4. The van der Waals surface area contributed by atoms with E-state index in [1.807, 2.05) is 111 Å². The van der Waals surface area contributed by atoms with Gasteiger partial charge in [-0.25, -0.2) is 0 Å². The first kappa shape index (κ1) is 22.8. The second-order valence-corrected chi connectivity index (χ2v) is 7.66. The molecule has 0 saturated carbocycles. The van der Waals surface area contributed by atoms with E-state index in [0.29, 0.717) is 22.6 Å². The molecular weight excluding hydrogens is 420 g/mol. The van der Waals surface area contributed by atoms with Gasteiger partial charge in [0.25, 0.3) is 0 Å². The van der Waals surface area contributed by atoms with E-state index in [1.165, 1.54) is 0 Å². The fourth-order valence-electron chi connectivity index (χ4n) is 3.55. The fourth-order valence-corrected chi connectivity index (χ4v) is 3.55. The molecule has 4 aromatic carbocycles. The van der Waals surface area contributed by atoms with Gasteiger partial charge in [-0.3, -0.25) is 4.79 Å². The first-order chi connectivity index (χ1) is 16.7. The van der Waals surface area contributed by atoms with Crippen LogP contribution < -0.4 is 9.47 Å². The minimum absolute atomic E-state index is 0.0540. The maximum atomic E-state index is 13.0. The van der Waals surface area contributed by atoms with Crippen molar-refractivity contribution in [2.24, 2.45) is 0 Å². The second-order valence-electron chi connectivity index (χ2n) is 7.66. The number of para-hydroxylation sites is 2. The quantitative estimate of drug-likeness (QED) is 0.254. The zero-order valence-electron chi connectivity index (χ0n) is 19.3. The summed E-state index contributed by atoms with van der Waals surface area (Å²) in [4.78, 5) is 13.0. The van der Waals surface area contributed by atoms with Crippen molar-refractivity contribution < 1.29 is 14.3 Å². The average Bonchev–Trinajstić information content (AvgIpc) is 2.87. The molecule has 4 rings (SSSR count). The van der Waals surface area contributed by atoms with Gasteiger partial charge in [0.2, 0.25) is 0 Å². The van der Waals surface area contributed by atoms with Crippen molar-refractivity contribution in [3.63, 3.8) is 0 Å². The van der Waals surface area contributed by atoms with Crippen molar-refractivity contribution >= 4 is 17.9 Å². The van der Waals surface area contributed by atoms with Crippen LogP contribution in [0.15, 0.2) is 109 Å². The third-order valence-electron chi connectivity index (χ3n) is 5.22. The van der Waals surface area contributed by atoms with Crippen LogP contribution in [0, 0.1) is 0 Å². The van der Waals surface area contributed by atoms with Gasteiger partial charge < -0.3 is 9.47 Å². The van der Waals surface area contributed by atoms with Crippen LogP contribution in [-0.4, -0.2) is 5.78 Å². The Morgan fingerprint density at radius 3 is 1.32 bits per heavy atom. The van der Waals surface area contributed by atoms with E-state index in [2.05, 4.69) is 0 Å². The number of ether oxygens (including phenoxy) is 2. The Hall–Kier alpha value is -4.37. The summed E-state index contributed by atoms with van der Waals surface area (Å²) in [6, 6.07) is 30.1. The lowest BCUT2D eigenvalue weighted by Crippen LogP contribution is -2.01. The normalized spacial score (nSPS) is 11.1. The molecule has 4 aromatic rings. The number of hydrogen-bond donors (Lipinski definition) is 0. The molecular formula is C31H26O3. The molecule has 0 radical (unpaired) electrons. The van der Waals surface area contributed by atoms with Crippen LogP contribution in [0.2, 0.25) is 0 Å². The molecule has 0 amide bonds. The Labute approximate surface area is 200 Å². The fraction of sp³-hybridized carbons (Fsp3) is 0.0645. The van der Waals surface area contributed by atoms with Gasteiger partial charge >= 0.3 is 0 Å². The molecule has 168 valence electrons. The predicted octanol–water partition coefficient (Wildman–Crippen LogP) is 8.57. The van der Waals surface area contributed by atoms with Crippen LogP contribution in [0.5, 0.6) is 23.0 Å². The number of allylic oxidation sites excluding steroid dienone is 2. The zero-order chi connectivity index (χ0) is 23.8. The number of carbonyl (C=O) groups excluding carboxylic acids is 1. The number of hydrogen-bond acceptors (Lipinski definition) is 3. The first-order valence-corrected chi connectivity index (χ1v) is 11.2. The minimum Gasteiger partial charge on any atom is -0.457 e. The first-order valence-electron chi connectivity index (χ1n) is 11.2. The smallest absolute Gasteiger partial charge is 0.193 e. The van der Waals surface area contributed by atoms with E-state index in [0.717, 1.165) is 22.6 Å². The highest BCUT2D eigenvalue weighted by atomic mass is 16.5. The Kier molecular flexibility index (Phi) is 7.36. The van der Waals surface area contributed by atoms with Gasteiger partial charge in [0.15, 0.2) is 5.78 Å². The molecule has 0 spiro atoms. The zero-order valence-corrected chi connectivity index (χ0v) is 19.3.